The fourth-order valence-corrected chi connectivity index (χ4v) is 2.46. The molecule has 0 bridgehead atoms. The van der Waals surface area contributed by atoms with Crippen LogP contribution in [0.3, 0.4) is 0 Å². The van der Waals surface area contributed by atoms with Crippen LogP contribution in [-0.2, 0) is 19.6 Å². The normalized spacial score (nSPS) is 22.1. The van der Waals surface area contributed by atoms with Crippen LogP contribution in [0.25, 0.3) is 0 Å². The third-order valence-corrected chi connectivity index (χ3v) is 3.55. The number of esters is 1. The van der Waals surface area contributed by atoms with E-state index in [0.717, 1.165) is 10.6 Å². The fourth-order valence-electron chi connectivity index (χ4n) is 1.62. The molecule has 1 heterocycles. The van der Waals surface area contributed by atoms with E-state index < -0.39 is 22.0 Å². The Balaban J connectivity index is 2.42. The Morgan fingerprint density at radius 1 is 1.31 bits per heavy atom. The summed E-state index contributed by atoms with van der Waals surface area (Å²) >= 11 is 0. The van der Waals surface area contributed by atoms with Crippen molar-refractivity contribution in [2.24, 2.45) is 0 Å². The molecule has 1 saturated heterocycles. The number of cyclic esters (lactones) is 1. The molecule has 2 rings (SSSR count). The monoisotopic (exact) mass is 241 g/mol. The second-order valence-electron chi connectivity index (χ2n) is 3.56. The minimum Gasteiger partial charge on any atom is -0.447 e. The molecule has 0 amide bonds. The van der Waals surface area contributed by atoms with Gasteiger partial charge in [0, 0.05) is 0 Å². The highest BCUT2D eigenvalue weighted by molar-refractivity contribution is 7.88. The Kier molecular flexibility index (Phi) is 2.69. The smallest absolute Gasteiger partial charge is 0.330 e. The summed E-state index contributed by atoms with van der Waals surface area (Å²) in [5.74, 6) is -0.531. The number of ether oxygens (including phenoxy) is 1. The lowest BCUT2D eigenvalue weighted by molar-refractivity contribution is -0.139. The maximum atomic E-state index is 11.5. The van der Waals surface area contributed by atoms with Gasteiger partial charge in [-0.2, -0.15) is 0 Å². The first-order chi connectivity index (χ1) is 7.50. The Labute approximate surface area is 93.7 Å². The zero-order chi connectivity index (χ0) is 11.8. The SMILES string of the molecule is CS(=O)(=O)N1COC(=O)[C@H]1c1ccccc1. The highest BCUT2D eigenvalue weighted by atomic mass is 32.2. The molecule has 0 aromatic heterocycles. The average molecular weight is 241 g/mol. The fraction of sp³-hybridized carbons (Fsp3) is 0.300. The molecule has 1 aliphatic rings. The summed E-state index contributed by atoms with van der Waals surface area (Å²) in [4.78, 5) is 11.5. The van der Waals surface area contributed by atoms with E-state index in [2.05, 4.69) is 0 Å². The molecule has 0 saturated carbocycles. The van der Waals surface area contributed by atoms with E-state index in [-0.39, 0.29) is 6.73 Å². The third kappa shape index (κ3) is 1.94. The summed E-state index contributed by atoms with van der Waals surface area (Å²) in [5, 5.41) is 0. The van der Waals surface area contributed by atoms with Crippen molar-refractivity contribution in [3.05, 3.63) is 35.9 Å². The molecule has 1 atom stereocenters. The van der Waals surface area contributed by atoms with Gasteiger partial charge < -0.3 is 4.74 Å². The van der Waals surface area contributed by atoms with Crippen molar-refractivity contribution in [2.75, 3.05) is 13.0 Å². The first kappa shape index (κ1) is 11.1. The van der Waals surface area contributed by atoms with E-state index in [1.54, 1.807) is 30.3 Å². The molecule has 1 aromatic carbocycles. The molecular formula is C10H11NO4S. The molecule has 1 aromatic rings. The molecule has 0 N–H and O–H groups in total. The Hall–Kier alpha value is -1.40. The number of sulfonamides is 1. The van der Waals surface area contributed by atoms with Crippen molar-refractivity contribution < 1.29 is 17.9 Å². The van der Waals surface area contributed by atoms with Gasteiger partial charge in [-0.05, 0) is 5.56 Å². The van der Waals surface area contributed by atoms with Gasteiger partial charge >= 0.3 is 5.97 Å². The number of carbonyl (C=O) groups is 1. The molecule has 0 radical (unpaired) electrons. The van der Waals surface area contributed by atoms with Gasteiger partial charge in [0.2, 0.25) is 10.0 Å². The van der Waals surface area contributed by atoms with E-state index >= 15 is 0 Å². The van der Waals surface area contributed by atoms with Crippen LogP contribution in [0.1, 0.15) is 11.6 Å². The van der Waals surface area contributed by atoms with Gasteiger partial charge in [-0.15, -0.1) is 4.31 Å². The van der Waals surface area contributed by atoms with E-state index in [4.69, 9.17) is 4.74 Å². The largest absolute Gasteiger partial charge is 0.447 e. The highest BCUT2D eigenvalue weighted by Crippen LogP contribution is 2.29. The van der Waals surface area contributed by atoms with Gasteiger partial charge in [0.25, 0.3) is 0 Å². The van der Waals surface area contributed by atoms with Crippen LogP contribution in [0.5, 0.6) is 0 Å². The minimum absolute atomic E-state index is 0.211. The lowest BCUT2D eigenvalue weighted by Gasteiger charge is -2.17. The van der Waals surface area contributed by atoms with Crippen molar-refractivity contribution in [3.8, 4) is 0 Å². The maximum Gasteiger partial charge on any atom is 0.330 e. The summed E-state index contributed by atoms with van der Waals surface area (Å²) in [6.07, 6.45) is 1.06. The number of carbonyl (C=O) groups excluding carboxylic acids is 1. The van der Waals surface area contributed by atoms with Crippen LogP contribution in [0.4, 0.5) is 0 Å². The predicted octanol–water partition coefficient (Wildman–Crippen LogP) is 0.504. The molecule has 1 fully saturated rings. The number of hydrogen-bond acceptors (Lipinski definition) is 4. The highest BCUT2D eigenvalue weighted by Gasteiger charge is 2.41. The van der Waals surface area contributed by atoms with Gasteiger partial charge in [0.15, 0.2) is 12.8 Å². The van der Waals surface area contributed by atoms with Gasteiger partial charge in [0.1, 0.15) is 0 Å². The first-order valence-corrected chi connectivity index (χ1v) is 6.53. The number of rotatable bonds is 2. The topological polar surface area (TPSA) is 63.7 Å². The average Bonchev–Trinajstić information content (AvgIpc) is 2.61. The lowest BCUT2D eigenvalue weighted by Crippen LogP contribution is -2.31. The van der Waals surface area contributed by atoms with Crippen molar-refractivity contribution >= 4 is 16.0 Å². The van der Waals surface area contributed by atoms with Crippen molar-refractivity contribution in [1.29, 1.82) is 0 Å². The van der Waals surface area contributed by atoms with E-state index in [0.29, 0.717) is 5.56 Å². The van der Waals surface area contributed by atoms with Crippen molar-refractivity contribution in [1.82, 2.24) is 4.31 Å². The molecular weight excluding hydrogens is 230 g/mol. The molecule has 16 heavy (non-hydrogen) atoms. The molecule has 5 nitrogen and oxygen atoms in total. The number of hydrogen-bond donors (Lipinski definition) is 0. The molecule has 86 valence electrons. The summed E-state index contributed by atoms with van der Waals surface area (Å²) in [7, 11) is -3.45. The maximum absolute atomic E-state index is 11.5. The predicted molar refractivity (Wildman–Crippen MR) is 56.8 cm³/mol. The molecule has 0 spiro atoms. The van der Waals surface area contributed by atoms with Crippen LogP contribution in [-0.4, -0.2) is 31.7 Å². The second-order valence-corrected chi connectivity index (χ2v) is 5.49. The summed E-state index contributed by atoms with van der Waals surface area (Å²) in [6.45, 7) is -0.211. The van der Waals surface area contributed by atoms with Gasteiger partial charge in [-0.3, -0.25) is 0 Å². The minimum atomic E-state index is -3.45. The molecule has 1 aliphatic heterocycles. The van der Waals surface area contributed by atoms with Crippen LogP contribution >= 0.6 is 0 Å². The van der Waals surface area contributed by atoms with Gasteiger partial charge in [0.05, 0.1) is 6.26 Å². The third-order valence-electron chi connectivity index (χ3n) is 2.39. The van der Waals surface area contributed by atoms with E-state index in [9.17, 15) is 13.2 Å². The standard InChI is InChI=1S/C10H11NO4S/c1-16(13,14)11-7-15-10(12)9(11)8-5-3-2-4-6-8/h2-6,9H,7H2,1H3/t9-/m1/s1. The summed E-state index contributed by atoms with van der Waals surface area (Å²) in [6, 6.07) is 7.86. The van der Waals surface area contributed by atoms with Crippen LogP contribution in [0.15, 0.2) is 30.3 Å². The molecule has 0 aliphatic carbocycles. The number of benzene rings is 1. The number of nitrogens with zero attached hydrogens (tertiary/aromatic N) is 1. The second kappa shape index (κ2) is 3.88. The van der Waals surface area contributed by atoms with E-state index in [1.807, 2.05) is 0 Å². The zero-order valence-electron chi connectivity index (χ0n) is 8.66. The zero-order valence-corrected chi connectivity index (χ0v) is 9.48. The molecule has 6 heteroatoms. The summed E-state index contributed by atoms with van der Waals surface area (Å²) in [5.41, 5.74) is 0.621. The van der Waals surface area contributed by atoms with Gasteiger partial charge in [-0.1, -0.05) is 30.3 Å². The van der Waals surface area contributed by atoms with Crippen molar-refractivity contribution in [3.63, 3.8) is 0 Å². The lowest BCUT2D eigenvalue weighted by atomic mass is 10.1. The Morgan fingerprint density at radius 2 is 1.94 bits per heavy atom. The summed E-state index contributed by atoms with van der Waals surface area (Å²) < 4.78 is 28.7. The van der Waals surface area contributed by atoms with Crippen LogP contribution < -0.4 is 0 Å². The Bertz CT molecular complexity index is 497. The van der Waals surface area contributed by atoms with Crippen molar-refractivity contribution in [2.45, 2.75) is 6.04 Å². The van der Waals surface area contributed by atoms with E-state index in [1.165, 1.54) is 0 Å². The molecule has 0 unspecified atom stereocenters. The van der Waals surface area contributed by atoms with Crippen LogP contribution in [0, 0.1) is 0 Å². The van der Waals surface area contributed by atoms with Gasteiger partial charge in [-0.25, -0.2) is 13.2 Å². The first-order valence-electron chi connectivity index (χ1n) is 4.68. The quantitative estimate of drug-likeness (QED) is 0.707. The van der Waals surface area contributed by atoms with Crippen LogP contribution in [0.2, 0.25) is 0 Å². The Morgan fingerprint density at radius 3 is 2.50 bits per heavy atom.